The van der Waals surface area contributed by atoms with Gasteiger partial charge >= 0.3 is 0 Å². The molecule has 0 fully saturated rings. The van der Waals surface area contributed by atoms with Gasteiger partial charge in [-0.25, -0.2) is 4.98 Å². The van der Waals surface area contributed by atoms with E-state index >= 15 is 0 Å². The van der Waals surface area contributed by atoms with Crippen molar-refractivity contribution in [3.05, 3.63) is 39.6 Å². The Bertz CT molecular complexity index is 452. The Morgan fingerprint density at radius 3 is 2.93 bits per heavy atom. The first-order chi connectivity index (χ1) is 7.15. The Morgan fingerprint density at radius 1 is 1.60 bits per heavy atom. The third-order valence-electron chi connectivity index (χ3n) is 2.09. The molecule has 15 heavy (non-hydrogen) atoms. The summed E-state index contributed by atoms with van der Waals surface area (Å²) in [5.74, 6) is 0. The Labute approximate surface area is 97.0 Å². The average molecular weight is 243 g/mol. The van der Waals surface area contributed by atoms with Gasteiger partial charge < -0.3 is 9.67 Å². The molecule has 0 saturated carbocycles. The van der Waals surface area contributed by atoms with E-state index in [0.717, 1.165) is 9.21 Å². The molecule has 0 aliphatic rings. The number of halogens is 1. The molecule has 0 saturated heterocycles. The second-order valence-electron chi connectivity index (χ2n) is 3.39. The lowest BCUT2D eigenvalue weighted by molar-refractivity contribution is 0.175. The van der Waals surface area contributed by atoms with E-state index in [4.69, 9.17) is 11.6 Å². The maximum atomic E-state index is 9.88. The SMILES string of the molecule is Cn1cnc(C(O)Cc2ccc(Cl)s2)c1. The molecule has 2 aromatic rings. The molecule has 0 bridgehead atoms. The lowest BCUT2D eigenvalue weighted by Gasteiger charge is -2.04. The third kappa shape index (κ3) is 2.59. The van der Waals surface area contributed by atoms with E-state index in [9.17, 15) is 5.11 Å². The van der Waals surface area contributed by atoms with E-state index in [1.54, 1.807) is 6.33 Å². The number of nitrogens with zero attached hydrogens (tertiary/aromatic N) is 2. The topological polar surface area (TPSA) is 38.0 Å². The van der Waals surface area contributed by atoms with Gasteiger partial charge in [0, 0.05) is 24.5 Å². The minimum Gasteiger partial charge on any atom is -0.386 e. The number of aliphatic hydroxyl groups is 1. The van der Waals surface area contributed by atoms with E-state index in [-0.39, 0.29) is 0 Å². The zero-order valence-electron chi connectivity index (χ0n) is 8.22. The summed E-state index contributed by atoms with van der Waals surface area (Å²) < 4.78 is 2.57. The summed E-state index contributed by atoms with van der Waals surface area (Å²) in [5.41, 5.74) is 0.696. The van der Waals surface area contributed by atoms with Gasteiger partial charge in [0.25, 0.3) is 0 Å². The fourth-order valence-electron chi connectivity index (χ4n) is 1.36. The molecular formula is C10H11ClN2OS. The summed E-state index contributed by atoms with van der Waals surface area (Å²) in [7, 11) is 1.88. The maximum absolute atomic E-state index is 9.88. The minimum absolute atomic E-state index is 0.555. The Morgan fingerprint density at radius 2 is 2.40 bits per heavy atom. The molecule has 5 heteroatoms. The highest BCUT2D eigenvalue weighted by atomic mass is 35.5. The number of aliphatic hydroxyl groups excluding tert-OH is 1. The van der Waals surface area contributed by atoms with Gasteiger partial charge in [0.1, 0.15) is 6.10 Å². The molecule has 0 radical (unpaired) electrons. The van der Waals surface area contributed by atoms with Crippen LogP contribution in [-0.2, 0) is 13.5 Å². The summed E-state index contributed by atoms with van der Waals surface area (Å²) in [6.07, 6.45) is 3.51. The fourth-order valence-corrected chi connectivity index (χ4v) is 2.49. The van der Waals surface area contributed by atoms with Gasteiger partial charge in [-0.15, -0.1) is 11.3 Å². The van der Waals surface area contributed by atoms with E-state index in [0.29, 0.717) is 12.1 Å². The highest BCUT2D eigenvalue weighted by molar-refractivity contribution is 7.16. The summed E-state index contributed by atoms with van der Waals surface area (Å²) in [6, 6.07) is 3.77. The molecule has 1 N–H and O–H groups in total. The van der Waals surface area contributed by atoms with Crippen LogP contribution in [0.5, 0.6) is 0 Å². The molecule has 1 unspecified atom stereocenters. The number of thiophene rings is 1. The smallest absolute Gasteiger partial charge is 0.102 e. The predicted molar refractivity (Wildman–Crippen MR) is 61.2 cm³/mol. The molecule has 0 aliphatic carbocycles. The van der Waals surface area contributed by atoms with Crippen LogP contribution in [0, 0.1) is 0 Å². The lowest BCUT2D eigenvalue weighted by atomic mass is 10.2. The minimum atomic E-state index is -0.555. The molecule has 0 aromatic carbocycles. The second-order valence-corrected chi connectivity index (χ2v) is 5.19. The normalized spacial score (nSPS) is 13.0. The van der Waals surface area contributed by atoms with Crippen LogP contribution in [0.25, 0.3) is 0 Å². The number of imidazole rings is 1. The summed E-state index contributed by atoms with van der Waals surface area (Å²) >= 11 is 7.30. The zero-order chi connectivity index (χ0) is 10.8. The van der Waals surface area contributed by atoms with Crippen molar-refractivity contribution in [2.75, 3.05) is 0 Å². The van der Waals surface area contributed by atoms with E-state index in [2.05, 4.69) is 4.98 Å². The summed E-state index contributed by atoms with van der Waals surface area (Å²) in [4.78, 5) is 5.17. The van der Waals surface area contributed by atoms with Crippen molar-refractivity contribution in [1.29, 1.82) is 0 Å². The first kappa shape index (κ1) is 10.7. The summed E-state index contributed by atoms with van der Waals surface area (Å²) in [5, 5.41) is 9.88. The van der Waals surface area contributed by atoms with Crippen molar-refractivity contribution >= 4 is 22.9 Å². The molecule has 2 rings (SSSR count). The quantitative estimate of drug-likeness (QED) is 0.898. The fraction of sp³-hybridized carbons (Fsp3) is 0.300. The van der Waals surface area contributed by atoms with Crippen LogP contribution >= 0.6 is 22.9 Å². The predicted octanol–water partition coefficient (Wildman–Crippen LogP) is 2.41. The maximum Gasteiger partial charge on any atom is 0.102 e. The second kappa shape index (κ2) is 4.35. The van der Waals surface area contributed by atoms with Crippen LogP contribution in [0.1, 0.15) is 16.7 Å². The number of aryl methyl sites for hydroxylation is 1. The van der Waals surface area contributed by atoms with Gasteiger partial charge in [-0.1, -0.05) is 11.6 Å². The van der Waals surface area contributed by atoms with Crippen molar-refractivity contribution < 1.29 is 5.11 Å². The number of aromatic nitrogens is 2. The van der Waals surface area contributed by atoms with Crippen LogP contribution in [0.15, 0.2) is 24.7 Å². The van der Waals surface area contributed by atoms with Gasteiger partial charge in [0.05, 0.1) is 16.4 Å². The molecule has 0 spiro atoms. The van der Waals surface area contributed by atoms with Crippen LogP contribution in [0.2, 0.25) is 4.34 Å². The Balaban J connectivity index is 2.06. The average Bonchev–Trinajstić information content (AvgIpc) is 2.75. The van der Waals surface area contributed by atoms with Crippen LogP contribution in [0.3, 0.4) is 0 Å². The molecule has 2 aromatic heterocycles. The summed E-state index contributed by atoms with van der Waals surface area (Å²) in [6.45, 7) is 0. The van der Waals surface area contributed by atoms with Crippen molar-refractivity contribution in [2.24, 2.45) is 7.05 Å². The Hall–Kier alpha value is -0.840. The molecule has 2 heterocycles. The van der Waals surface area contributed by atoms with Crippen molar-refractivity contribution in [3.63, 3.8) is 0 Å². The van der Waals surface area contributed by atoms with Crippen LogP contribution < -0.4 is 0 Å². The van der Waals surface area contributed by atoms with E-state index in [1.807, 2.05) is 29.9 Å². The molecule has 80 valence electrons. The zero-order valence-corrected chi connectivity index (χ0v) is 9.79. The lowest BCUT2D eigenvalue weighted by Crippen LogP contribution is -2.00. The first-order valence-electron chi connectivity index (χ1n) is 4.55. The highest BCUT2D eigenvalue weighted by Crippen LogP contribution is 2.25. The van der Waals surface area contributed by atoms with Crippen molar-refractivity contribution in [1.82, 2.24) is 9.55 Å². The van der Waals surface area contributed by atoms with Gasteiger partial charge in [-0.05, 0) is 12.1 Å². The molecule has 1 atom stereocenters. The van der Waals surface area contributed by atoms with Crippen LogP contribution in [-0.4, -0.2) is 14.7 Å². The number of rotatable bonds is 3. The largest absolute Gasteiger partial charge is 0.386 e. The van der Waals surface area contributed by atoms with E-state index < -0.39 is 6.10 Å². The van der Waals surface area contributed by atoms with Gasteiger partial charge in [0.15, 0.2) is 0 Å². The van der Waals surface area contributed by atoms with Gasteiger partial charge in [-0.3, -0.25) is 0 Å². The molecule has 3 nitrogen and oxygen atoms in total. The van der Waals surface area contributed by atoms with Crippen molar-refractivity contribution in [2.45, 2.75) is 12.5 Å². The number of hydrogen-bond donors (Lipinski definition) is 1. The van der Waals surface area contributed by atoms with Gasteiger partial charge in [0.2, 0.25) is 0 Å². The Kier molecular flexibility index (Phi) is 3.09. The van der Waals surface area contributed by atoms with E-state index in [1.165, 1.54) is 11.3 Å². The van der Waals surface area contributed by atoms with Crippen LogP contribution in [0.4, 0.5) is 0 Å². The number of hydrogen-bond acceptors (Lipinski definition) is 3. The first-order valence-corrected chi connectivity index (χ1v) is 5.75. The highest BCUT2D eigenvalue weighted by Gasteiger charge is 2.12. The molecule has 0 aliphatic heterocycles. The standard InChI is InChI=1S/C10H11ClN2OS/c1-13-5-8(12-6-13)9(14)4-7-2-3-10(11)15-7/h2-3,5-6,9,14H,4H2,1H3. The third-order valence-corrected chi connectivity index (χ3v) is 3.34. The monoisotopic (exact) mass is 242 g/mol. The molecule has 0 amide bonds. The van der Waals surface area contributed by atoms with Gasteiger partial charge in [-0.2, -0.15) is 0 Å². The molecular weight excluding hydrogens is 232 g/mol. The van der Waals surface area contributed by atoms with Crippen molar-refractivity contribution in [3.8, 4) is 0 Å².